The van der Waals surface area contributed by atoms with Gasteiger partial charge in [-0.2, -0.15) is 25.3 Å². The highest BCUT2D eigenvalue weighted by atomic mass is 32.1. The standard InChI is InChI=1S/C16H17NO3S2/c1-20-10-5-3-2-4-9(10)17-15(18)11-7-6-8(12(11)16(17)19)14(22)13(7)21/h2-5,7-8,11-14,21-22H,6H2,1H3. The molecule has 0 aromatic heterocycles. The van der Waals surface area contributed by atoms with E-state index in [0.717, 1.165) is 6.42 Å². The fourth-order valence-electron chi connectivity index (χ4n) is 4.48. The lowest BCUT2D eigenvalue weighted by Gasteiger charge is -2.30. The van der Waals surface area contributed by atoms with Gasteiger partial charge in [-0.15, -0.1) is 0 Å². The summed E-state index contributed by atoms with van der Waals surface area (Å²) in [6, 6.07) is 7.16. The molecule has 1 heterocycles. The maximum atomic E-state index is 12.9. The smallest absolute Gasteiger partial charge is 0.238 e. The fraction of sp³-hybridized carbons (Fsp3) is 0.500. The molecule has 116 valence electrons. The number of ether oxygens (including phenoxy) is 1. The van der Waals surface area contributed by atoms with Crippen LogP contribution in [0.15, 0.2) is 24.3 Å². The predicted molar refractivity (Wildman–Crippen MR) is 89.6 cm³/mol. The second kappa shape index (κ2) is 4.93. The van der Waals surface area contributed by atoms with Crippen LogP contribution in [0.25, 0.3) is 0 Å². The van der Waals surface area contributed by atoms with Gasteiger partial charge in [-0.25, -0.2) is 4.90 Å². The highest BCUT2D eigenvalue weighted by molar-refractivity contribution is 7.85. The molecule has 3 fully saturated rings. The Bertz CT molecular complexity index is 633. The largest absolute Gasteiger partial charge is 0.495 e. The number of hydrogen-bond acceptors (Lipinski definition) is 5. The Morgan fingerprint density at radius 1 is 1.05 bits per heavy atom. The second-order valence-corrected chi connectivity index (χ2v) is 7.47. The molecule has 4 rings (SSSR count). The quantitative estimate of drug-likeness (QED) is 0.642. The topological polar surface area (TPSA) is 46.6 Å². The van der Waals surface area contributed by atoms with Crippen molar-refractivity contribution in [3.63, 3.8) is 0 Å². The van der Waals surface area contributed by atoms with Crippen LogP contribution in [0.2, 0.25) is 0 Å². The van der Waals surface area contributed by atoms with Crippen molar-refractivity contribution >= 4 is 42.8 Å². The summed E-state index contributed by atoms with van der Waals surface area (Å²) in [6.45, 7) is 0. The Labute approximate surface area is 140 Å². The van der Waals surface area contributed by atoms with Gasteiger partial charge in [0.25, 0.3) is 0 Å². The van der Waals surface area contributed by atoms with Gasteiger partial charge in [0, 0.05) is 10.5 Å². The van der Waals surface area contributed by atoms with Crippen molar-refractivity contribution in [2.75, 3.05) is 12.0 Å². The Morgan fingerprint density at radius 3 is 2.14 bits per heavy atom. The molecule has 3 aliphatic rings. The number of benzene rings is 1. The third kappa shape index (κ3) is 1.68. The molecule has 0 radical (unpaired) electrons. The average Bonchev–Trinajstić information content (AvgIpc) is 3.12. The molecule has 0 N–H and O–H groups in total. The van der Waals surface area contributed by atoms with Gasteiger partial charge in [0.1, 0.15) is 5.75 Å². The number of fused-ring (bicyclic) bond motifs is 5. The predicted octanol–water partition coefficient (Wildman–Crippen LogP) is 2.05. The van der Waals surface area contributed by atoms with Gasteiger partial charge in [0.15, 0.2) is 0 Å². The van der Waals surface area contributed by atoms with Gasteiger partial charge in [-0.3, -0.25) is 9.59 Å². The number of carbonyl (C=O) groups excluding carboxylic acids is 2. The van der Waals surface area contributed by atoms with Crippen LogP contribution in [0.1, 0.15) is 6.42 Å². The maximum absolute atomic E-state index is 12.9. The molecule has 2 aliphatic carbocycles. The lowest BCUT2D eigenvalue weighted by atomic mass is 9.80. The number of carbonyl (C=O) groups is 2. The molecule has 1 saturated heterocycles. The number of amides is 2. The van der Waals surface area contributed by atoms with Gasteiger partial charge in [0.2, 0.25) is 11.8 Å². The monoisotopic (exact) mass is 335 g/mol. The highest BCUT2D eigenvalue weighted by Crippen LogP contribution is 2.59. The number of nitrogens with zero attached hydrogens (tertiary/aromatic N) is 1. The number of hydrogen-bond donors (Lipinski definition) is 2. The third-order valence-corrected chi connectivity index (χ3v) is 7.06. The first kappa shape index (κ1) is 14.5. The normalized spacial score (nSPS) is 39.5. The minimum Gasteiger partial charge on any atom is -0.495 e. The van der Waals surface area contributed by atoms with Gasteiger partial charge < -0.3 is 4.74 Å². The Kier molecular flexibility index (Phi) is 3.24. The van der Waals surface area contributed by atoms with E-state index in [1.54, 1.807) is 19.2 Å². The van der Waals surface area contributed by atoms with Crippen LogP contribution >= 0.6 is 25.3 Å². The van der Waals surface area contributed by atoms with E-state index in [-0.39, 0.29) is 46.0 Å². The second-order valence-electron chi connectivity index (χ2n) is 6.28. The summed E-state index contributed by atoms with van der Waals surface area (Å²) in [7, 11) is 1.54. The zero-order chi connectivity index (χ0) is 15.6. The van der Waals surface area contributed by atoms with Gasteiger partial charge in [0.05, 0.1) is 24.6 Å². The molecular formula is C16H17NO3S2. The van der Waals surface area contributed by atoms with Crippen molar-refractivity contribution in [1.29, 1.82) is 0 Å². The summed E-state index contributed by atoms with van der Waals surface area (Å²) in [5.41, 5.74) is 0.542. The summed E-state index contributed by atoms with van der Waals surface area (Å²) in [5, 5.41) is 0.174. The molecular weight excluding hydrogens is 318 g/mol. The van der Waals surface area contributed by atoms with Crippen molar-refractivity contribution in [1.82, 2.24) is 0 Å². The van der Waals surface area contributed by atoms with Gasteiger partial charge in [-0.05, 0) is 30.4 Å². The summed E-state index contributed by atoms with van der Waals surface area (Å²) < 4.78 is 5.31. The Hall–Kier alpha value is -1.14. The fourth-order valence-corrected chi connectivity index (χ4v) is 5.54. The summed E-state index contributed by atoms with van der Waals surface area (Å²) in [5.74, 6) is 0.148. The van der Waals surface area contributed by atoms with E-state index in [1.165, 1.54) is 4.90 Å². The number of imide groups is 1. The van der Waals surface area contributed by atoms with E-state index >= 15 is 0 Å². The van der Waals surface area contributed by atoms with Crippen molar-refractivity contribution in [2.24, 2.45) is 23.7 Å². The van der Waals surface area contributed by atoms with Crippen molar-refractivity contribution in [2.45, 2.75) is 16.9 Å². The zero-order valence-corrected chi connectivity index (χ0v) is 13.8. The molecule has 1 aromatic carbocycles. The first-order valence-corrected chi connectivity index (χ1v) is 8.46. The van der Waals surface area contributed by atoms with Crippen LogP contribution in [0.3, 0.4) is 0 Å². The molecule has 22 heavy (non-hydrogen) atoms. The lowest BCUT2D eigenvalue weighted by molar-refractivity contribution is -0.123. The summed E-state index contributed by atoms with van der Waals surface area (Å²) in [6.07, 6.45) is 0.884. The molecule has 2 amide bonds. The Morgan fingerprint density at radius 2 is 1.59 bits per heavy atom. The molecule has 6 atom stereocenters. The van der Waals surface area contributed by atoms with Crippen molar-refractivity contribution < 1.29 is 14.3 Å². The van der Waals surface area contributed by atoms with Crippen LogP contribution in [0, 0.1) is 23.7 Å². The zero-order valence-electron chi connectivity index (χ0n) is 12.0. The summed E-state index contributed by atoms with van der Waals surface area (Å²) >= 11 is 9.23. The minimum atomic E-state index is -0.242. The molecule has 1 aromatic rings. The molecule has 2 bridgehead atoms. The molecule has 6 unspecified atom stereocenters. The molecule has 0 spiro atoms. The average molecular weight is 335 g/mol. The SMILES string of the molecule is COc1ccccc1N1C(=O)C2C3CC(C(S)C3S)C2C1=O. The first-order valence-electron chi connectivity index (χ1n) is 7.43. The van der Waals surface area contributed by atoms with E-state index in [1.807, 2.05) is 12.1 Å². The first-order chi connectivity index (χ1) is 10.6. The van der Waals surface area contributed by atoms with Crippen LogP contribution in [0.4, 0.5) is 5.69 Å². The van der Waals surface area contributed by atoms with Crippen molar-refractivity contribution in [3.8, 4) is 5.75 Å². The van der Waals surface area contributed by atoms with Crippen molar-refractivity contribution in [3.05, 3.63) is 24.3 Å². The maximum Gasteiger partial charge on any atom is 0.238 e. The Balaban J connectivity index is 1.76. The number of methoxy groups -OCH3 is 1. The molecule has 2 saturated carbocycles. The molecule has 1 aliphatic heterocycles. The van der Waals surface area contributed by atoms with Crippen LogP contribution in [-0.4, -0.2) is 29.4 Å². The number of rotatable bonds is 2. The molecule has 6 heteroatoms. The highest BCUT2D eigenvalue weighted by Gasteiger charge is 2.66. The third-order valence-electron chi connectivity index (χ3n) is 5.42. The molecule has 4 nitrogen and oxygen atoms in total. The van der Waals surface area contributed by atoms with E-state index in [9.17, 15) is 9.59 Å². The minimum absolute atomic E-state index is 0.0870. The lowest BCUT2D eigenvalue weighted by Crippen LogP contribution is -2.38. The number of para-hydroxylation sites is 2. The number of thiol groups is 2. The van der Waals surface area contributed by atoms with Crippen LogP contribution in [-0.2, 0) is 9.59 Å². The van der Waals surface area contributed by atoms with E-state index in [2.05, 4.69) is 25.3 Å². The van der Waals surface area contributed by atoms with E-state index < -0.39 is 0 Å². The van der Waals surface area contributed by atoms with Gasteiger partial charge >= 0.3 is 0 Å². The van der Waals surface area contributed by atoms with Crippen LogP contribution < -0.4 is 9.64 Å². The van der Waals surface area contributed by atoms with Gasteiger partial charge in [-0.1, -0.05) is 12.1 Å². The van der Waals surface area contributed by atoms with E-state index in [0.29, 0.717) is 11.4 Å². The van der Waals surface area contributed by atoms with E-state index in [4.69, 9.17) is 4.74 Å². The summed E-state index contributed by atoms with van der Waals surface area (Å²) in [4.78, 5) is 27.1. The van der Waals surface area contributed by atoms with Crippen LogP contribution in [0.5, 0.6) is 5.75 Å². The number of anilines is 1.